The van der Waals surface area contributed by atoms with Crippen LogP contribution in [0.4, 0.5) is 5.69 Å². The highest BCUT2D eigenvalue weighted by atomic mass is 32.1. The van der Waals surface area contributed by atoms with Crippen molar-refractivity contribution < 1.29 is 14.3 Å². The first-order valence-corrected chi connectivity index (χ1v) is 11.1. The van der Waals surface area contributed by atoms with Crippen LogP contribution in [0.5, 0.6) is 5.75 Å². The first-order valence-electron chi connectivity index (χ1n) is 10.2. The number of carbonyl (C=O) groups excluding carboxylic acids is 2. The maximum Gasteiger partial charge on any atom is 0.268 e. The molecular formula is C23H24N4O3S. The van der Waals surface area contributed by atoms with Crippen LogP contribution in [-0.2, 0) is 9.59 Å². The molecule has 1 aliphatic heterocycles. The van der Waals surface area contributed by atoms with Gasteiger partial charge in [0.05, 0.1) is 17.1 Å². The molecule has 31 heavy (non-hydrogen) atoms. The fourth-order valence-electron chi connectivity index (χ4n) is 3.26. The highest BCUT2D eigenvalue weighted by Crippen LogP contribution is 2.38. The number of nitrogens with zero attached hydrogens (tertiary/aromatic N) is 3. The quantitative estimate of drug-likeness (QED) is 0.636. The normalized spacial score (nSPS) is 15.5. The Morgan fingerprint density at radius 3 is 2.84 bits per heavy atom. The van der Waals surface area contributed by atoms with Crippen LogP contribution >= 0.6 is 11.3 Å². The number of anilines is 1. The molecule has 0 saturated carbocycles. The highest BCUT2D eigenvalue weighted by Gasteiger charge is 2.33. The third-order valence-electron chi connectivity index (χ3n) is 4.86. The Labute approximate surface area is 185 Å². The molecule has 4 rings (SSSR count). The van der Waals surface area contributed by atoms with E-state index in [0.29, 0.717) is 23.9 Å². The van der Waals surface area contributed by atoms with E-state index in [1.165, 1.54) is 16.2 Å². The minimum absolute atomic E-state index is 0.0496. The van der Waals surface area contributed by atoms with Gasteiger partial charge < -0.3 is 10.1 Å². The molecule has 1 N–H and O–H groups in total. The molecule has 0 aliphatic carbocycles. The Bertz CT molecular complexity index is 1100. The molecule has 3 heterocycles. The SMILES string of the molecule is CC(C)CNC(=O)CN1C(=O)C(C)Oc2ccc(-c3csc(-c4ccccn4)n3)cc21. The predicted molar refractivity (Wildman–Crippen MR) is 121 cm³/mol. The number of carbonyl (C=O) groups is 2. The first-order chi connectivity index (χ1) is 14.9. The summed E-state index contributed by atoms with van der Waals surface area (Å²) in [5.41, 5.74) is 3.01. The molecule has 160 valence electrons. The Morgan fingerprint density at radius 2 is 2.10 bits per heavy atom. The lowest BCUT2D eigenvalue weighted by Crippen LogP contribution is -2.49. The van der Waals surface area contributed by atoms with Gasteiger partial charge in [0.2, 0.25) is 5.91 Å². The van der Waals surface area contributed by atoms with Crippen molar-refractivity contribution in [1.82, 2.24) is 15.3 Å². The van der Waals surface area contributed by atoms with E-state index in [0.717, 1.165) is 22.0 Å². The Kier molecular flexibility index (Phi) is 5.99. The van der Waals surface area contributed by atoms with Crippen molar-refractivity contribution >= 4 is 28.8 Å². The van der Waals surface area contributed by atoms with Crippen LogP contribution in [0.3, 0.4) is 0 Å². The second kappa shape index (κ2) is 8.85. The van der Waals surface area contributed by atoms with Crippen molar-refractivity contribution in [3.63, 3.8) is 0 Å². The molecule has 7 nitrogen and oxygen atoms in total. The molecule has 3 aromatic rings. The van der Waals surface area contributed by atoms with Gasteiger partial charge in [0.1, 0.15) is 17.3 Å². The van der Waals surface area contributed by atoms with E-state index in [-0.39, 0.29) is 18.4 Å². The van der Waals surface area contributed by atoms with Crippen LogP contribution < -0.4 is 15.0 Å². The number of thiazole rings is 1. The third-order valence-corrected chi connectivity index (χ3v) is 5.73. The molecule has 2 aromatic heterocycles. The van der Waals surface area contributed by atoms with Crippen molar-refractivity contribution in [3.8, 4) is 27.7 Å². The summed E-state index contributed by atoms with van der Waals surface area (Å²) in [5, 5.41) is 5.65. The Balaban J connectivity index is 1.63. The number of pyridine rings is 1. The minimum Gasteiger partial charge on any atom is -0.479 e. The van der Waals surface area contributed by atoms with Crippen LogP contribution in [0.15, 0.2) is 48.0 Å². The van der Waals surface area contributed by atoms with Gasteiger partial charge in [-0.15, -0.1) is 11.3 Å². The molecule has 0 fully saturated rings. The van der Waals surface area contributed by atoms with Crippen LogP contribution in [0.1, 0.15) is 20.8 Å². The van der Waals surface area contributed by atoms with Crippen LogP contribution in [0.25, 0.3) is 22.0 Å². The van der Waals surface area contributed by atoms with Crippen molar-refractivity contribution in [2.24, 2.45) is 5.92 Å². The number of hydrogen-bond donors (Lipinski definition) is 1. The Morgan fingerprint density at radius 1 is 1.26 bits per heavy atom. The van der Waals surface area contributed by atoms with Gasteiger partial charge in [-0.2, -0.15) is 0 Å². The van der Waals surface area contributed by atoms with Gasteiger partial charge in [0.25, 0.3) is 5.91 Å². The van der Waals surface area contributed by atoms with Gasteiger partial charge in [-0.05, 0) is 43.2 Å². The third kappa shape index (κ3) is 4.59. The summed E-state index contributed by atoms with van der Waals surface area (Å²) in [6, 6.07) is 11.3. The fraction of sp³-hybridized carbons (Fsp3) is 0.304. The van der Waals surface area contributed by atoms with E-state index >= 15 is 0 Å². The summed E-state index contributed by atoms with van der Waals surface area (Å²) < 4.78 is 5.77. The number of aromatic nitrogens is 2. The summed E-state index contributed by atoms with van der Waals surface area (Å²) in [6.07, 6.45) is 1.09. The molecule has 0 bridgehead atoms. The number of fused-ring (bicyclic) bond motifs is 1. The summed E-state index contributed by atoms with van der Waals surface area (Å²) >= 11 is 1.51. The summed E-state index contributed by atoms with van der Waals surface area (Å²) in [5.74, 6) is 0.475. The topological polar surface area (TPSA) is 84.4 Å². The largest absolute Gasteiger partial charge is 0.479 e. The number of ether oxygens (including phenoxy) is 1. The maximum absolute atomic E-state index is 12.8. The smallest absolute Gasteiger partial charge is 0.268 e. The molecule has 1 aromatic carbocycles. The summed E-state index contributed by atoms with van der Waals surface area (Å²) in [7, 11) is 0. The molecule has 1 unspecified atom stereocenters. The molecule has 1 atom stereocenters. The maximum atomic E-state index is 12.8. The van der Waals surface area contributed by atoms with Gasteiger partial charge in [0, 0.05) is 23.7 Å². The molecule has 0 saturated heterocycles. The predicted octanol–water partition coefficient (Wildman–Crippen LogP) is 3.76. The number of amides is 2. The Hall–Kier alpha value is -3.26. The zero-order valence-electron chi connectivity index (χ0n) is 17.7. The van der Waals surface area contributed by atoms with Gasteiger partial charge in [-0.25, -0.2) is 4.98 Å². The van der Waals surface area contributed by atoms with Gasteiger partial charge in [-0.1, -0.05) is 19.9 Å². The average molecular weight is 437 g/mol. The van der Waals surface area contributed by atoms with Gasteiger partial charge in [-0.3, -0.25) is 19.5 Å². The van der Waals surface area contributed by atoms with Crippen LogP contribution in [0.2, 0.25) is 0 Å². The molecule has 0 radical (unpaired) electrons. The number of benzene rings is 1. The molecule has 1 aliphatic rings. The van der Waals surface area contributed by atoms with Crippen molar-refractivity contribution in [2.75, 3.05) is 18.0 Å². The average Bonchev–Trinajstić information content (AvgIpc) is 3.26. The van der Waals surface area contributed by atoms with Gasteiger partial charge in [0.15, 0.2) is 6.10 Å². The number of nitrogens with one attached hydrogen (secondary N) is 1. The fourth-order valence-corrected chi connectivity index (χ4v) is 4.06. The zero-order valence-corrected chi connectivity index (χ0v) is 18.5. The van der Waals surface area contributed by atoms with E-state index in [1.807, 2.05) is 55.6 Å². The molecule has 2 amide bonds. The van der Waals surface area contributed by atoms with E-state index in [4.69, 9.17) is 9.72 Å². The molecule has 0 spiro atoms. The van der Waals surface area contributed by atoms with Crippen molar-refractivity contribution in [3.05, 3.63) is 48.0 Å². The summed E-state index contributed by atoms with van der Waals surface area (Å²) in [4.78, 5) is 35.8. The first kappa shape index (κ1) is 21.0. The minimum atomic E-state index is -0.647. The second-order valence-corrected chi connectivity index (χ2v) is 8.68. The van der Waals surface area contributed by atoms with E-state index in [9.17, 15) is 9.59 Å². The lowest BCUT2D eigenvalue weighted by atomic mass is 10.1. The lowest BCUT2D eigenvalue weighted by molar-refractivity contribution is -0.128. The second-order valence-electron chi connectivity index (χ2n) is 7.82. The van der Waals surface area contributed by atoms with Gasteiger partial charge >= 0.3 is 0 Å². The summed E-state index contributed by atoms with van der Waals surface area (Å²) in [6.45, 7) is 6.26. The van der Waals surface area contributed by atoms with E-state index < -0.39 is 6.10 Å². The van der Waals surface area contributed by atoms with E-state index in [1.54, 1.807) is 13.1 Å². The number of hydrogen-bond acceptors (Lipinski definition) is 6. The van der Waals surface area contributed by atoms with Crippen molar-refractivity contribution in [2.45, 2.75) is 26.9 Å². The molecular weight excluding hydrogens is 412 g/mol. The van der Waals surface area contributed by atoms with Crippen LogP contribution in [0, 0.1) is 5.92 Å². The zero-order chi connectivity index (χ0) is 22.0. The highest BCUT2D eigenvalue weighted by molar-refractivity contribution is 7.13. The molecule has 8 heteroatoms. The van der Waals surface area contributed by atoms with Crippen molar-refractivity contribution in [1.29, 1.82) is 0 Å². The number of rotatable bonds is 6. The van der Waals surface area contributed by atoms with Crippen LogP contribution in [-0.4, -0.2) is 41.0 Å². The monoisotopic (exact) mass is 436 g/mol. The lowest BCUT2D eigenvalue weighted by Gasteiger charge is -2.33. The standard InChI is InChI=1S/C23H24N4O3S/c1-14(2)11-25-21(28)12-27-19-10-16(7-8-20(19)30-15(3)23(27)29)18-13-31-22(26-18)17-6-4-5-9-24-17/h4-10,13-15H,11-12H2,1-3H3,(H,25,28). The van der Waals surface area contributed by atoms with E-state index in [2.05, 4.69) is 10.3 Å².